The maximum atomic E-state index is 11.7. The number of carbonyl (C=O) groups is 1. The van der Waals surface area contributed by atoms with Gasteiger partial charge in [-0.25, -0.2) is 0 Å². The zero-order chi connectivity index (χ0) is 13.0. The van der Waals surface area contributed by atoms with Gasteiger partial charge in [0, 0.05) is 12.1 Å². The second kappa shape index (κ2) is 6.26. The standard InChI is InChI=1S/C14H15Cl2NO/c15-12-7-5-10(9-13(12)16)6-8-14(18)17-11-3-1-2-4-11/h5-9,11H,1-4H2,(H,17,18)/b8-6-. The summed E-state index contributed by atoms with van der Waals surface area (Å²) >= 11 is 11.7. The summed E-state index contributed by atoms with van der Waals surface area (Å²) in [5, 5.41) is 4.00. The molecule has 1 saturated carbocycles. The topological polar surface area (TPSA) is 29.1 Å². The minimum Gasteiger partial charge on any atom is -0.350 e. The van der Waals surface area contributed by atoms with Crippen molar-refractivity contribution in [2.24, 2.45) is 0 Å². The minimum absolute atomic E-state index is 0.0482. The fourth-order valence-electron chi connectivity index (χ4n) is 2.11. The quantitative estimate of drug-likeness (QED) is 0.833. The van der Waals surface area contributed by atoms with Crippen LogP contribution < -0.4 is 5.32 Å². The molecule has 18 heavy (non-hydrogen) atoms. The molecule has 2 nitrogen and oxygen atoms in total. The van der Waals surface area contributed by atoms with Crippen molar-refractivity contribution < 1.29 is 4.79 Å². The van der Waals surface area contributed by atoms with Crippen LogP contribution in [-0.2, 0) is 4.79 Å². The SMILES string of the molecule is O=C(/C=C\c1ccc(Cl)c(Cl)c1)NC1CCCC1. The third kappa shape index (κ3) is 3.76. The molecule has 1 aliphatic rings. The van der Waals surface area contributed by atoms with Gasteiger partial charge < -0.3 is 5.32 Å². The van der Waals surface area contributed by atoms with E-state index in [1.165, 1.54) is 18.9 Å². The van der Waals surface area contributed by atoms with Gasteiger partial charge in [0.05, 0.1) is 10.0 Å². The average Bonchev–Trinajstić information content (AvgIpc) is 2.83. The van der Waals surface area contributed by atoms with E-state index in [1.54, 1.807) is 18.2 Å². The van der Waals surface area contributed by atoms with Crippen molar-refractivity contribution in [2.45, 2.75) is 31.7 Å². The van der Waals surface area contributed by atoms with Crippen LogP contribution >= 0.6 is 23.2 Å². The van der Waals surface area contributed by atoms with Crippen LogP contribution in [0.25, 0.3) is 6.08 Å². The lowest BCUT2D eigenvalue weighted by atomic mass is 10.2. The summed E-state index contributed by atoms with van der Waals surface area (Å²) in [4.78, 5) is 11.7. The van der Waals surface area contributed by atoms with E-state index >= 15 is 0 Å². The monoisotopic (exact) mass is 283 g/mol. The van der Waals surface area contributed by atoms with Crippen LogP contribution in [0, 0.1) is 0 Å². The van der Waals surface area contributed by atoms with Gasteiger partial charge in [0.2, 0.25) is 5.91 Å². The first-order valence-electron chi connectivity index (χ1n) is 6.09. The van der Waals surface area contributed by atoms with Crippen LogP contribution in [0.2, 0.25) is 10.0 Å². The minimum atomic E-state index is -0.0482. The Kier molecular flexibility index (Phi) is 4.67. The molecule has 0 atom stereocenters. The third-order valence-corrected chi connectivity index (χ3v) is 3.81. The molecule has 1 aliphatic carbocycles. The molecule has 0 bridgehead atoms. The maximum absolute atomic E-state index is 11.7. The molecule has 0 unspecified atom stereocenters. The Labute approximate surface area is 117 Å². The lowest BCUT2D eigenvalue weighted by molar-refractivity contribution is -0.117. The zero-order valence-electron chi connectivity index (χ0n) is 9.96. The van der Waals surface area contributed by atoms with Crippen molar-refractivity contribution in [3.8, 4) is 0 Å². The molecule has 1 N–H and O–H groups in total. The van der Waals surface area contributed by atoms with Crippen LogP contribution in [0.4, 0.5) is 0 Å². The fourth-order valence-corrected chi connectivity index (χ4v) is 2.41. The van der Waals surface area contributed by atoms with Crippen molar-refractivity contribution in [1.82, 2.24) is 5.32 Å². The van der Waals surface area contributed by atoms with Crippen molar-refractivity contribution in [2.75, 3.05) is 0 Å². The van der Waals surface area contributed by atoms with Crippen LogP contribution in [0.15, 0.2) is 24.3 Å². The Bertz CT molecular complexity index is 465. The molecule has 0 aliphatic heterocycles. The predicted molar refractivity (Wildman–Crippen MR) is 75.9 cm³/mol. The normalized spacial score (nSPS) is 16.3. The van der Waals surface area contributed by atoms with Gasteiger partial charge in [-0.3, -0.25) is 4.79 Å². The molecule has 1 aromatic carbocycles. The molecule has 2 rings (SSSR count). The highest BCUT2D eigenvalue weighted by atomic mass is 35.5. The largest absolute Gasteiger partial charge is 0.350 e. The molecule has 1 amide bonds. The number of rotatable bonds is 3. The number of nitrogens with one attached hydrogen (secondary N) is 1. The highest BCUT2D eigenvalue weighted by molar-refractivity contribution is 6.42. The molecular weight excluding hydrogens is 269 g/mol. The van der Waals surface area contributed by atoms with Crippen LogP contribution in [0.5, 0.6) is 0 Å². The summed E-state index contributed by atoms with van der Waals surface area (Å²) in [7, 11) is 0. The molecule has 1 aromatic rings. The summed E-state index contributed by atoms with van der Waals surface area (Å²) in [6.45, 7) is 0. The number of carbonyl (C=O) groups excluding carboxylic acids is 1. The van der Waals surface area contributed by atoms with Gasteiger partial charge in [0.1, 0.15) is 0 Å². The second-order valence-corrected chi connectivity index (χ2v) is 5.31. The van der Waals surface area contributed by atoms with Gasteiger partial charge in [-0.15, -0.1) is 0 Å². The highest BCUT2D eigenvalue weighted by Crippen LogP contribution is 2.23. The number of hydrogen-bond acceptors (Lipinski definition) is 1. The average molecular weight is 284 g/mol. The Morgan fingerprint density at radius 2 is 1.94 bits per heavy atom. The molecule has 1 fully saturated rings. The lowest BCUT2D eigenvalue weighted by Crippen LogP contribution is -2.30. The molecular formula is C14H15Cl2NO. The van der Waals surface area contributed by atoms with E-state index in [9.17, 15) is 4.79 Å². The summed E-state index contributed by atoms with van der Waals surface area (Å²) in [5.41, 5.74) is 0.867. The lowest BCUT2D eigenvalue weighted by Gasteiger charge is -2.09. The van der Waals surface area contributed by atoms with Gasteiger partial charge in [-0.2, -0.15) is 0 Å². The van der Waals surface area contributed by atoms with Gasteiger partial charge in [-0.05, 0) is 36.6 Å². The smallest absolute Gasteiger partial charge is 0.244 e. The summed E-state index contributed by atoms with van der Waals surface area (Å²) < 4.78 is 0. The molecule has 0 spiro atoms. The van der Waals surface area contributed by atoms with E-state index in [0.717, 1.165) is 18.4 Å². The van der Waals surface area contributed by atoms with Crippen LogP contribution in [0.3, 0.4) is 0 Å². The molecule has 0 aromatic heterocycles. The van der Waals surface area contributed by atoms with E-state index in [1.807, 2.05) is 6.07 Å². The predicted octanol–water partition coefficient (Wildman–Crippen LogP) is 4.07. The van der Waals surface area contributed by atoms with Crippen LogP contribution in [-0.4, -0.2) is 11.9 Å². The summed E-state index contributed by atoms with van der Waals surface area (Å²) in [5.74, 6) is -0.0482. The first-order valence-corrected chi connectivity index (χ1v) is 6.84. The molecule has 0 radical (unpaired) electrons. The van der Waals surface area contributed by atoms with Crippen molar-refractivity contribution in [1.29, 1.82) is 0 Å². The van der Waals surface area contributed by atoms with E-state index in [-0.39, 0.29) is 5.91 Å². The second-order valence-electron chi connectivity index (χ2n) is 4.50. The van der Waals surface area contributed by atoms with Gasteiger partial charge in [0.25, 0.3) is 0 Å². The number of amides is 1. The first-order chi connectivity index (χ1) is 8.65. The van der Waals surface area contributed by atoms with Crippen molar-refractivity contribution in [3.63, 3.8) is 0 Å². The Hall–Kier alpha value is -0.990. The highest BCUT2D eigenvalue weighted by Gasteiger charge is 2.15. The van der Waals surface area contributed by atoms with E-state index in [4.69, 9.17) is 23.2 Å². The number of hydrogen-bond donors (Lipinski definition) is 1. The third-order valence-electron chi connectivity index (χ3n) is 3.07. The summed E-state index contributed by atoms with van der Waals surface area (Å²) in [6, 6.07) is 5.63. The zero-order valence-corrected chi connectivity index (χ0v) is 11.5. The van der Waals surface area contributed by atoms with Gasteiger partial charge in [0.15, 0.2) is 0 Å². The Morgan fingerprint density at radius 3 is 2.61 bits per heavy atom. The van der Waals surface area contributed by atoms with Gasteiger partial charge >= 0.3 is 0 Å². The van der Waals surface area contributed by atoms with E-state index < -0.39 is 0 Å². The van der Waals surface area contributed by atoms with Crippen molar-refractivity contribution >= 4 is 35.2 Å². The van der Waals surface area contributed by atoms with E-state index in [2.05, 4.69) is 5.32 Å². The fraction of sp³-hybridized carbons (Fsp3) is 0.357. The van der Waals surface area contributed by atoms with Crippen molar-refractivity contribution in [3.05, 3.63) is 39.9 Å². The van der Waals surface area contributed by atoms with Gasteiger partial charge in [-0.1, -0.05) is 42.1 Å². The maximum Gasteiger partial charge on any atom is 0.244 e. The first kappa shape index (κ1) is 13.4. The van der Waals surface area contributed by atoms with Crippen LogP contribution in [0.1, 0.15) is 31.2 Å². The molecule has 0 heterocycles. The molecule has 0 saturated heterocycles. The number of halogens is 2. The Morgan fingerprint density at radius 1 is 1.22 bits per heavy atom. The summed E-state index contributed by atoms with van der Waals surface area (Å²) in [6.07, 6.45) is 7.88. The Balaban J connectivity index is 1.92. The number of benzene rings is 1. The van der Waals surface area contributed by atoms with E-state index in [0.29, 0.717) is 16.1 Å². The molecule has 4 heteroatoms. The molecule has 96 valence electrons.